The molecule has 0 N–H and O–H groups in total. The molecule has 0 aromatic heterocycles. The molecule has 2 rings (SSSR count). The lowest BCUT2D eigenvalue weighted by Gasteiger charge is -2.13. The minimum Gasteiger partial charge on any atom is -0.299 e. The zero-order chi connectivity index (χ0) is 16.7. The highest BCUT2D eigenvalue weighted by molar-refractivity contribution is 6.02. The van der Waals surface area contributed by atoms with Gasteiger partial charge in [-0.3, -0.25) is 9.59 Å². The molecule has 0 heterocycles. The SMILES string of the molecule is CCC(=O)C(Cc1ccc(Cc2ccccc2)cc1)C(=O)CC. The third kappa shape index (κ3) is 4.88. The highest BCUT2D eigenvalue weighted by Gasteiger charge is 2.23. The van der Waals surface area contributed by atoms with Crippen LogP contribution < -0.4 is 0 Å². The van der Waals surface area contributed by atoms with Crippen molar-refractivity contribution in [3.63, 3.8) is 0 Å². The van der Waals surface area contributed by atoms with Crippen molar-refractivity contribution in [3.05, 3.63) is 71.3 Å². The van der Waals surface area contributed by atoms with Crippen molar-refractivity contribution in [1.29, 1.82) is 0 Å². The zero-order valence-electron chi connectivity index (χ0n) is 13.9. The lowest BCUT2D eigenvalue weighted by atomic mass is 9.88. The van der Waals surface area contributed by atoms with Crippen LogP contribution in [0.1, 0.15) is 43.4 Å². The minimum absolute atomic E-state index is 0.0465. The molecular formula is C21H24O2. The maximum Gasteiger partial charge on any atom is 0.143 e. The minimum atomic E-state index is -0.482. The Morgan fingerprint density at radius 1 is 0.739 bits per heavy atom. The predicted octanol–water partition coefficient (Wildman–Crippen LogP) is 4.39. The van der Waals surface area contributed by atoms with Crippen LogP contribution in [0.4, 0.5) is 0 Å². The molecule has 0 aliphatic heterocycles. The van der Waals surface area contributed by atoms with Crippen molar-refractivity contribution in [3.8, 4) is 0 Å². The third-order valence-corrected chi connectivity index (χ3v) is 4.19. The van der Waals surface area contributed by atoms with E-state index in [0.717, 1.165) is 12.0 Å². The van der Waals surface area contributed by atoms with Crippen LogP contribution in [-0.2, 0) is 22.4 Å². The summed E-state index contributed by atoms with van der Waals surface area (Å²) in [7, 11) is 0. The van der Waals surface area contributed by atoms with Crippen molar-refractivity contribution in [2.24, 2.45) is 5.92 Å². The molecule has 2 aromatic carbocycles. The van der Waals surface area contributed by atoms with Crippen molar-refractivity contribution in [2.45, 2.75) is 39.5 Å². The Balaban J connectivity index is 2.06. The molecule has 0 bridgehead atoms. The van der Waals surface area contributed by atoms with E-state index in [1.807, 2.05) is 44.2 Å². The normalized spacial score (nSPS) is 10.7. The monoisotopic (exact) mass is 308 g/mol. The molecule has 2 heteroatoms. The van der Waals surface area contributed by atoms with Crippen LogP contribution in [0, 0.1) is 5.92 Å². The Morgan fingerprint density at radius 2 is 1.22 bits per heavy atom. The van der Waals surface area contributed by atoms with Crippen LogP contribution in [-0.4, -0.2) is 11.6 Å². The van der Waals surface area contributed by atoms with Crippen LogP contribution >= 0.6 is 0 Å². The van der Waals surface area contributed by atoms with Gasteiger partial charge in [-0.05, 0) is 29.5 Å². The van der Waals surface area contributed by atoms with Crippen molar-refractivity contribution in [2.75, 3.05) is 0 Å². The Morgan fingerprint density at radius 3 is 1.74 bits per heavy atom. The van der Waals surface area contributed by atoms with Gasteiger partial charge in [0.1, 0.15) is 11.6 Å². The third-order valence-electron chi connectivity index (χ3n) is 4.19. The van der Waals surface area contributed by atoms with E-state index in [9.17, 15) is 9.59 Å². The molecule has 120 valence electrons. The fourth-order valence-corrected chi connectivity index (χ4v) is 2.76. The van der Waals surface area contributed by atoms with E-state index in [0.29, 0.717) is 19.3 Å². The second-order valence-corrected chi connectivity index (χ2v) is 5.88. The first-order valence-corrected chi connectivity index (χ1v) is 8.31. The van der Waals surface area contributed by atoms with E-state index in [1.165, 1.54) is 11.1 Å². The van der Waals surface area contributed by atoms with Gasteiger partial charge in [0.25, 0.3) is 0 Å². The first-order valence-electron chi connectivity index (χ1n) is 8.31. The fraction of sp³-hybridized carbons (Fsp3) is 0.333. The number of rotatable bonds is 8. The van der Waals surface area contributed by atoms with Crippen LogP contribution in [0.2, 0.25) is 0 Å². The topological polar surface area (TPSA) is 34.1 Å². The van der Waals surface area contributed by atoms with Crippen LogP contribution in [0.5, 0.6) is 0 Å². The van der Waals surface area contributed by atoms with E-state index in [4.69, 9.17) is 0 Å². The van der Waals surface area contributed by atoms with Gasteiger partial charge in [0.05, 0.1) is 5.92 Å². The molecule has 0 unspecified atom stereocenters. The molecular weight excluding hydrogens is 284 g/mol. The number of carbonyl (C=O) groups is 2. The first kappa shape index (κ1) is 17.1. The van der Waals surface area contributed by atoms with Gasteiger partial charge in [0.15, 0.2) is 0 Å². The maximum absolute atomic E-state index is 12.0. The summed E-state index contributed by atoms with van der Waals surface area (Å²) < 4.78 is 0. The lowest BCUT2D eigenvalue weighted by Crippen LogP contribution is -2.25. The second kappa shape index (κ2) is 8.42. The van der Waals surface area contributed by atoms with Gasteiger partial charge >= 0.3 is 0 Å². The van der Waals surface area contributed by atoms with Gasteiger partial charge in [0.2, 0.25) is 0 Å². The van der Waals surface area contributed by atoms with Crippen LogP contribution in [0.15, 0.2) is 54.6 Å². The summed E-state index contributed by atoms with van der Waals surface area (Å²) in [6.45, 7) is 3.64. The Kier molecular flexibility index (Phi) is 6.28. The average molecular weight is 308 g/mol. The zero-order valence-corrected chi connectivity index (χ0v) is 13.9. The molecule has 0 aliphatic rings. The van der Waals surface area contributed by atoms with E-state index in [2.05, 4.69) is 24.3 Å². The number of ketones is 2. The number of benzene rings is 2. The van der Waals surface area contributed by atoms with E-state index < -0.39 is 5.92 Å². The molecule has 2 nitrogen and oxygen atoms in total. The summed E-state index contributed by atoms with van der Waals surface area (Å²) in [6, 6.07) is 18.6. The lowest BCUT2D eigenvalue weighted by molar-refractivity contribution is -0.132. The van der Waals surface area contributed by atoms with Crippen molar-refractivity contribution >= 4 is 11.6 Å². The van der Waals surface area contributed by atoms with E-state index in [-0.39, 0.29) is 11.6 Å². The van der Waals surface area contributed by atoms with E-state index >= 15 is 0 Å². The number of hydrogen-bond donors (Lipinski definition) is 0. The highest BCUT2D eigenvalue weighted by atomic mass is 16.1. The van der Waals surface area contributed by atoms with Gasteiger partial charge in [-0.2, -0.15) is 0 Å². The Bertz CT molecular complexity index is 625. The summed E-state index contributed by atoms with van der Waals surface area (Å²) in [5.74, 6) is -0.389. The summed E-state index contributed by atoms with van der Waals surface area (Å²) >= 11 is 0. The molecule has 0 atom stereocenters. The van der Waals surface area contributed by atoms with Crippen molar-refractivity contribution < 1.29 is 9.59 Å². The standard InChI is InChI=1S/C21H24O2/c1-3-20(22)19(21(23)4-2)15-18-12-10-17(11-13-18)14-16-8-6-5-7-9-16/h5-13,19H,3-4,14-15H2,1-2H3. The Hall–Kier alpha value is -2.22. The Labute approximate surface area is 138 Å². The number of carbonyl (C=O) groups excluding carboxylic acids is 2. The molecule has 0 aliphatic carbocycles. The molecule has 23 heavy (non-hydrogen) atoms. The maximum atomic E-state index is 12.0. The smallest absolute Gasteiger partial charge is 0.143 e. The first-order chi connectivity index (χ1) is 11.1. The molecule has 0 radical (unpaired) electrons. The number of hydrogen-bond acceptors (Lipinski definition) is 2. The highest BCUT2D eigenvalue weighted by Crippen LogP contribution is 2.16. The fourth-order valence-electron chi connectivity index (χ4n) is 2.76. The summed E-state index contributed by atoms with van der Waals surface area (Å²) in [6.07, 6.45) is 2.25. The molecule has 0 saturated carbocycles. The van der Waals surface area contributed by atoms with Crippen LogP contribution in [0.3, 0.4) is 0 Å². The summed E-state index contributed by atoms with van der Waals surface area (Å²) in [5.41, 5.74) is 3.57. The molecule has 0 saturated heterocycles. The summed E-state index contributed by atoms with van der Waals surface area (Å²) in [4.78, 5) is 24.0. The molecule has 0 spiro atoms. The van der Waals surface area contributed by atoms with Crippen LogP contribution in [0.25, 0.3) is 0 Å². The largest absolute Gasteiger partial charge is 0.299 e. The second-order valence-electron chi connectivity index (χ2n) is 5.88. The predicted molar refractivity (Wildman–Crippen MR) is 93.5 cm³/mol. The van der Waals surface area contributed by atoms with Gasteiger partial charge in [0, 0.05) is 12.8 Å². The van der Waals surface area contributed by atoms with Gasteiger partial charge < -0.3 is 0 Å². The van der Waals surface area contributed by atoms with Crippen molar-refractivity contribution in [1.82, 2.24) is 0 Å². The molecule has 0 amide bonds. The van der Waals surface area contributed by atoms with E-state index in [1.54, 1.807) is 0 Å². The molecule has 0 fully saturated rings. The summed E-state index contributed by atoms with van der Waals surface area (Å²) in [5, 5.41) is 0. The average Bonchev–Trinajstić information content (AvgIpc) is 2.60. The molecule has 2 aromatic rings. The van der Waals surface area contributed by atoms with Gasteiger partial charge in [-0.15, -0.1) is 0 Å². The quantitative estimate of drug-likeness (QED) is 0.678. The number of Topliss-reactive ketones (excluding diaryl/α,β-unsaturated/α-hetero) is 2. The van der Waals surface area contributed by atoms with Gasteiger partial charge in [-0.1, -0.05) is 68.4 Å². The van der Waals surface area contributed by atoms with Gasteiger partial charge in [-0.25, -0.2) is 0 Å².